The van der Waals surface area contributed by atoms with Gasteiger partial charge in [0.1, 0.15) is 6.61 Å². The maximum atomic E-state index is 11.9. The van der Waals surface area contributed by atoms with E-state index in [-0.39, 0.29) is 18.0 Å². The first-order valence-electron chi connectivity index (χ1n) is 5.97. The molecule has 5 heteroatoms. The first kappa shape index (κ1) is 16.4. The highest BCUT2D eigenvalue weighted by Crippen LogP contribution is 2.21. The van der Waals surface area contributed by atoms with Crippen LogP contribution < -0.4 is 0 Å². The van der Waals surface area contributed by atoms with Crippen molar-refractivity contribution in [3.63, 3.8) is 0 Å². The summed E-state index contributed by atoms with van der Waals surface area (Å²) in [6.07, 6.45) is 0.713. The fraction of sp³-hybridized carbons (Fsp3) is 0.500. The molecule has 0 aliphatic rings. The Labute approximate surface area is 123 Å². The van der Waals surface area contributed by atoms with Gasteiger partial charge in [-0.3, -0.25) is 4.79 Å². The third-order valence-corrected chi connectivity index (χ3v) is 3.41. The van der Waals surface area contributed by atoms with Crippen LogP contribution >= 0.6 is 23.2 Å². The molecular formula is C14H18Cl2O3. The molecule has 3 nitrogen and oxygen atoms in total. The van der Waals surface area contributed by atoms with E-state index in [1.807, 2.05) is 13.8 Å². The lowest BCUT2D eigenvalue weighted by molar-refractivity contribution is -0.00836. The van der Waals surface area contributed by atoms with Gasteiger partial charge in [0.25, 0.3) is 0 Å². The van der Waals surface area contributed by atoms with Crippen molar-refractivity contribution < 1.29 is 14.3 Å². The molecule has 0 atom stereocenters. The van der Waals surface area contributed by atoms with Gasteiger partial charge < -0.3 is 9.47 Å². The fourth-order valence-corrected chi connectivity index (χ4v) is 1.89. The van der Waals surface area contributed by atoms with Gasteiger partial charge in [-0.1, -0.05) is 23.2 Å². The van der Waals surface area contributed by atoms with Crippen molar-refractivity contribution in [2.45, 2.75) is 25.9 Å². The second-order valence-corrected chi connectivity index (χ2v) is 5.66. The molecule has 0 bridgehead atoms. The molecule has 0 aromatic heterocycles. The summed E-state index contributed by atoms with van der Waals surface area (Å²) < 4.78 is 10.6. The van der Waals surface area contributed by atoms with E-state index >= 15 is 0 Å². The molecule has 0 heterocycles. The van der Waals surface area contributed by atoms with Gasteiger partial charge in [-0.15, -0.1) is 0 Å². The molecule has 0 N–H and O–H groups in total. The number of carbonyl (C=O) groups excluding carboxylic acids is 1. The molecule has 0 fully saturated rings. The standard InChI is InChI=1S/C14H18Cl2O3/c1-14(2,18-3)6-7-19-9-13(17)11-5-4-10(15)8-12(11)16/h4-5,8H,6-7,9H2,1-3H3. The molecule has 1 aromatic carbocycles. The number of methoxy groups -OCH3 is 1. The third kappa shape index (κ3) is 5.49. The monoisotopic (exact) mass is 304 g/mol. The minimum atomic E-state index is -0.249. The molecule has 0 aliphatic heterocycles. The lowest BCUT2D eigenvalue weighted by Crippen LogP contribution is -2.25. The van der Waals surface area contributed by atoms with Crippen molar-refractivity contribution >= 4 is 29.0 Å². The first-order chi connectivity index (χ1) is 8.85. The Bertz CT molecular complexity index is 444. The number of benzene rings is 1. The molecular weight excluding hydrogens is 287 g/mol. The second-order valence-electron chi connectivity index (χ2n) is 4.81. The minimum absolute atomic E-state index is 0.00114. The Morgan fingerprint density at radius 2 is 2.00 bits per heavy atom. The second kappa shape index (κ2) is 7.25. The Morgan fingerprint density at radius 1 is 1.32 bits per heavy atom. The average Bonchev–Trinajstić information content (AvgIpc) is 2.34. The zero-order valence-electron chi connectivity index (χ0n) is 11.3. The summed E-state index contributed by atoms with van der Waals surface area (Å²) in [4.78, 5) is 11.9. The normalized spacial score (nSPS) is 11.6. The van der Waals surface area contributed by atoms with Gasteiger partial charge in [0.15, 0.2) is 5.78 Å². The number of ketones is 1. The van der Waals surface area contributed by atoms with Crippen LogP contribution in [-0.4, -0.2) is 31.7 Å². The Hall–Kier alpha value is -0.610. The van der Waals surface area contributed by atoms with Crippen LogP contribution in [0.15, 0.2) is 18.2 Å². The number of Topliss-reactive ketones (excluding diaryl/α,β-unsaturated/α-hetero) is 1. The topological polar surface area (TPSA) is 35.5 Å². The van der Waals surface area contributed by atoms with Crippen LogP contribution in [0.25, 0.3) is 0 Å². The highest BCUT2D eigenvalue weighted by Gasteiger charge is 2.16. The van der Waals surface area contributed by atoms with Crippen molar-refractivity contribution in [2.75, 3.05) is 20.3 Å². The zero-order chi connectivity index (χ0) is 14.5. The fourth-order valence-electron chi connectivity index (χ4n) is 1.38. The quantitative estimate of drug-likeness (QED) is 0.564. The molecule has 1 aromatic rings. The van der Waals surface area contributed by atoms with Crippen molar-refractivity contribution in [3.8, 4) is 0 Å². The molecule has 0 saturated heterocycles. The minimum Gasteiger partial charge on any atom is -0.379 e. The number of ether oxygens (including phenoxy) is 2. The molecule has 0 saturated carbocycles. The molecule has 0 spiro atoms. The van der Waals surface area contributed by atoms with Gasteiger partial charge >= 0.3 is 0 Å². The highest BCUT2D eigenvalue weighted by molar-refractivity contribution is 6.36. The van der Waals surface area contributed by atoms with Gasteiger partial charge in [-0.05, 0) is 38.5 Å². The van der Waals surface area contributed by atoms with Crippen LogP contribution in [0.4, 0.5) is 0 Å². The van der Waals surface area contributed by atoms with Gasteiger partial charge in [0.05, 0.1) is 10.6 Å². The summed E-state index contributed by atoms with van der Waals surface area (Å²) in [5.74, 6) is -0.156. The van der Waals surface area contributed by atoms with Gasteiger partial charge in [-0.2, -0.15) is 0 Å². The molecule has 106 valence electrons. The average molecular weight is 305 g/mol. The Morgan fingerprint density at radius 3 is 2.58 bits per heavy atom. The van der Waals surface area contributed by atoms with Gasteiger partial charge in [0, 0.05) is 24.3 Å². The van der Waals surface area contributed by atoms with Crippen molar-refractivity contribution in [3.05, 3.63) is 33.8 Å². The summed E-state index contributed by atoms with van der Waals surface area (Å²) in [6, 6.07) is 4.79. The molecule has 0 radical (unpaired) electrons. The van der Waals surface area contributed by atoms with Crippen molar-refractivity contribution in [1.82, 2.24) is 0 Å². The smallest absolute Gasteiger partial charge is 0.189 e. The summed E-state index contributed by atoms with van der Waals surface area (Å²) in [5, 5.41) is 0.850. The highest BCUT2D eigenvalue weighted by atomic mass is 35.5. The van der Waals surface area contributed by atoms with E-state index in [4.69, 9.17) is 32.7 Å². The lowest BCUT2D eigenvalue weighted by Gasteiger charge is -2.22. The summed E-state index contributed by atoms with van der Waals surface area (Å²) in [7, 11) is 1.65. The van der Waals surface area contributed by atoms with E-state index in [1.54, 1.807) is 25.3 Å². The first-order valence-corrected chi connectivity index (χ1v) is 6.72. The van der Waals surface area contributed by atoms with E-state index in [2.05, 4.69) is 0 Å². The van der Waals surface area contributed by atoms with Crippen molar-refractivity contribution in [2.24, 2.45) is 0 Å². The number of halogens is 2. The maximum absolute atomic E-state index is 11.9. The van der Waals surface area contributed by atoms with E-state index in [9.17, 15) is 4.79 Å². The molecule has 0 amide bonds. The number of hydrogen-bond acceptors (Lipinski definition) is 3. The van der Waals surface area contributed by atoms with Gasteiger partial charge in [-0.25, -0.2) is 0 Å². The number of carbonyl (C=O) groups is 1. The van der Waals surface area contributed by atoms with Crippen LogP contribution in [-0.2, 0) is 9.47 Å². The number of hydrogen-bond donors (Lipinski definition) is 0. The molecule has 1 rings (SSSR count). The Balaban J connectivity index is 2.44. The predicted octanol–water partition coefficient (Wildman–Crippen LogP) is 4.01. The van der Waals surface area contributed by atoms with E-state index < -0.39 is 0 Å². The summed E-state index contributed by atoms with van der Waals surface area (Å²) in [5.41, 5.74) is 0.179. The summed E-state index contributed by atoms with van der Waals surface area (Å²) >= 11 is 11.7. The van der Waals surface area contributed by atoms with Crippen LogP contribution in [0.2, 0.25) is 10.0 Å². The largest absolute Gasteiger partial charge is 0.379 e. The van der Waals surface area contributed by atoms with E-state index in [0.717, 1.165) is 0 Å². The zero-order valence-corrected chi connectivity index (χ0v) is 12.8. The van der Waals surface area contributed by atoms with Crippen LogP contribution in [0.5, 0.6) is 0 Å². The predicted molar refractivity (Wildman–Crippen MR) is 77.3 cm³/mol. The van der Waals surface area contributed by atoms with E-state index in [1.165, 1.54) is 0 Å². The SMILES string of the molecule is COC(C)(C)CCOCC(=O)c1ccc(Cl)cc1Cl. The summed E-state index contributed by atoms with van der Waals surface area (Å²) in [6.45, 7) is 4.39. The molecule has 19 heavy (non-hydrogen) atoms. The lowest BCUT2D eigenvalue weighted by atomic mass is 10.1. The van der Waals surface area contributed by atoms with Crippen LogP contribution in [0, 0.1) is 0 Å². The maximum Gasteiger partial charge on any atom is 0.189 e. The third-order valence-electron chi connectivity index (χ3n) is 2.87. The van der Waals surface area contributed by atoms with Crippen LogP contribution in [0.1, 0.15) is 30.6 Å². The van der Waals surface area contributed by atoms with E-state index in [0.29, 0.717) is 28.6 Å². The van der Waals surface area contributed by atoms with Crippen LogP contribution in [0.3, 0.4) is 0 Å². The van der Waals surface area contributed by atoms with Gasteiger partial charge in [0.2, 0.25) is 0 Å². The molecule has 0 aliphatic carbocycles. The number of rotatable bonds is 7. The van der Waals surface area contributed by atoms with Crippen molar-refractivity contribution in [1.29, 1.82) is 0 Å². The molecule has 0 unspecified atom stereocenters. The Kier molecular flexibility index (Phi) is 6.27.